The van der Waals surface area contributed by atoms with Gasteiger partial charge < -0.3 is 10.1 Å². The molecule has 98 valence electrons. The number of rotatable bonds is 4. The summed E-state index contributed by atoms with van der Waals surface area (Å²) in [5.74, 6) is 2.44. The largest absolute Gasteiger partial charge is 0.497 e. The van der Waals surface area contributed by atoms with E-state index in [1.54, 1.807) is 7.11 Å². The first-order chi connectivity index (χ1) is 8.83. The Bertz CT molecular complexity index is 375. The van der Waals surface area contributed by atoms with Gasteiger partial charge in [0.05, 0.1) is 7.11 Å². The van der Waals surface area contributed by atoms with Crippen molar-refractivity contribution in [2.75, 3.05) is 14.2 Å². The molecule has 0 aliphatic heterocycles. The fourth-order valence-corrected chi connectivity index (χ4v) is 2.75. The standard InChI is InChI=1S/C16H23NO/c1-17-12-11-13-3-5-14(6-4-13)15-7-9-16(18-2)10-8-15/h7-14,17H,3-6H2,1-2H3/b12-11+. The molecule has 2 heteroatoms. The molecule has 0 aromatic heterocycles. The highest BCUT2D eigenvalue weighted by molar-refractivity contribution is 5.29. The van der Waals surface area contributed by atoms with E-state index < -0.39 is 0 Å². The molecule has 1 fully saturated rings. The van der Waals surface area contributed by atoms with Crippen molar-refractivity contribution in [1.82, 2.24) is 5.32 Å². The van der Waals surface area contributed by atoms with Gasteiger partial charge in [-0.05, 0) is 61.4 Å². The highest BCUT2D eigenvalue weighted by Gasteiger charge is 2.20. The highest BCUT2D eigenvalue weighted by atomic mass is 16.5. The molecule has 0 heterocycles. The molecule has 18 heavy (non-hydrogen) atoms. The number of nitrogens with one attached hydrogen (secondary N) is 1. The molecule has 0 saturated heterocycles. The van der Waals surface area contributed by atoms with E-state index >= 15 is 0 Å². The van der Waals surface area contributed by atoms with Crippen molar-refractivity contribution in [3.63, 3.8) is 0 Å². The van der Waals surface area contributed by atoms with Gasteiger partial charge in [0.2, 0.25) is 0 Å². The first-order valence-electron chi connectivity index (χ1n) is 6.81. The normalized spacial score (nSPS) is 24.1. The second-order valence-electron chi connectivity index (χ2n) is 5.03. The minimum Gasteiger partial charge on any atom is -0.497 e. The molecule has 0 spiro atoms. The Morgan fingerprint density at radius 1 is 1.11 bits per heavy atom. The second-order valence-corrected chi connectivity index (χ2v) is 5.03. The molecule has 0 bridgehead atoms. The summed E-state index contributed by atoms with van der Waals surface area (Å²) in [5, 5.41) is 3.08. The predicted octanol–water partition coefficient (Wildman–Crippen LogP) is 3.70. The number of ether oxygens (including phenoxy) is 1. The fourth-order valence-electron chi connectivity index (χ4n) is 2.75. The molecule has 2 nitrogen and oxygen atoms in total. The van der Waals surface area contributed by atoms with E-state index in [-0.39, 0.29) is 0 Å². The molecule has 0 atom stereocenters. The molecular weight excluding hydrogens is 222 g/mol. The van der Waals surface area contributed by atoms with Gasteiger partial charge in [-0.3, -0.25) is 0 Å². The van der Waals surface area contributed by atoms with Crippen LogP contribution in [0.15, 0.2) is 36.5 Å². The van der Waals surface area contributed by atoms with Gasteiger partial charge in [0, 0.05) is 7.05 Å². The van der Waals surface area contributed by atoms with Crippen molar-refractivity contribution in [3.8, 4) is 5.75 Å². The van der Waals surface area contributed by atoms with E-state index in [1.807, 2.05) is 7.05 Å². The van der Waals surface area contributed by atoms with E-state index in [9.17, 15) is 0 Å². The molecule has 0 amide bonds. The average Bonchev–Trinajstić information content (AvgIpc) is 2.46. The lowest BCUT2D eigenvalue weighted by molar-refractivity contribution is 0.374. The topological polar surface area (TPSA) is 21.3 Å². The van der Waals surface area contributed by atoms with Crippen molar-refractivity contribution in [2.45, 2.75) is 31.6 Å². The number of methoxy groups -OCH3 is 1. The van der Waals surface area contributed by atoms with Gasteiger partial charge >= 0.3 is 0 Å². The van der Waals surface area contributed by atoms with Crippen LogP contribution in [0, 0.1) is 5.92 Å². The summed E-state index contributed by atoms with van der Waals surface area (Å²) in [4.78, 5) is 0. The van der Waals surface area contributed by atoms with Gasteiger partial charge in [0.15, 0.2) is 0 Å². The Hall–Kier alpha value is -1.44. The average molecular weight is 245 g/mol. The lowest BCUT2D eigenvalue weighted by atomic mass is 9.79. The summed E-state index contributed by atoms with van der Waals surface area (Å²) in [6, 6.07) is 8.57. The number of hydrogen-bond acceptors (Lipinski definition) is 2. The lowest BCUT2D eigenvalue weighted by Crippen LogP contribution is -2.12. The number of benzene rings is 1. The molecule has 1 saturated carbocycles. The van der Waals surface area contributed by atoms with E-state index in [4.69, 9.17) is 4.74 Å². The summed E-state index contributed by atoms with van der Waals surface area (Å²) in [6.45, 7) is 0. The molecule has 2 rings (SSSR count). The molecule has 1 aliphatic rings. The lowest BCUT2D eigenvalue weighted by Gasteiger charge is -2.27. The van der Waals surface area contributed by atoms with Crippen LogP contribution in [0.4, 0.5) is 0 Å². The summed E-state index contributed by atoms with van der Waals surface area (Å²) in [5.41, 5.74) is 1.46. The van der Waals surface area contributed by atoms with E-state index in [0.717, 1.165) is 17.6 Å². The van der Waals surface area contributed by atoms with Crippen LogP contribution < -0.4 is 10.1 Å². The van der Waals surface area contributed by atoms with E-state index in [0.29, 0.717) is 0 Å². The zero-order valence-corrected chi connectivity index (χ0v) is 11.4. The van der Waals surface area contributed by atoms with Gasteiger partial charge in [0.1, 0.15) is 5.75 Å². The highest BCUT2D eigenvalue weighted by Crippen LogP contribution is 2.36. The Morgan fingerprint density at radius 3 is 2.33 bits per heavy atom. The SMILES string of the molecule is CN/C=C/C1CCC(c2ccc(OC)cc2)CC1. The molecular formula is C16H23NO. The first kappa shape index (κ1) is 13.0. The summed E-state index contributed by atoms with van der Waals surface area (Å²) >= 11 is 0. The monoisotopic (exact) mass is 245 g/mol. The Kier molecular flexibility index (Phi) is 4.68. The van der Waals surface area contributed by atoms with Crippen molar-refractivity contribution >= 4 is 0 Å². The summed E-state index contributed by atoms with van der Waals surface area (Å²) in [7, 11) is 3.67. The quantitative estimate of drug-likeness (QED) is 0.873. The fraction of sp³-hybridized carbons (Fsp3) is 0.500. The molecule has 1 aromatic carbocycles. The first-order valence-corrected chi connectivity index (χ1v) is 6.81. The Balaban J connectivity index is 1.90. The van der Waals surface area contributed by atoms with Crippen LogP contribution in [0.5, 0.6) is 5.75 Å². The van der Waals surface area contributed by atoms with Crippen LogP contribution in [-0.4, -0.2) is 14.2 Å². The third-order valence-corrected chi connectivity index (χ3v) is 3.89. The third-order valence-electron chi connectivity index (χ3n) is 3.89. The van der Waals surface area contributed by atoms with Crippen LogP contribution in [0.25, 0.3) is 0 Å². The number of allylic oxidation sites excluding steroid dienone is 1. The van der Waals surface area contributed by atoms with Crippen LogP contribution in [0.2, 0.25) is 0 Å². The second kappa shape index (κ2) is 6.48. The van der Waals surface area contributed by atoms with E-state index in [2.05, 4.69) is 41.9 Å². The van der Waals surface area contributed by atoms with Crippen LogP contribution in [0.3, 0.4) is 0 Å². The minimum atomic E-state index is 0.732. The van der Waals surface area contributed by atoms with Gasteiger partial charge in [-0.25, -0.2) is 0 Å². The van der Waals surface area contributed by atoms with Crippen molar-refractivity contribution in [3.05, 3.63) is 42.1 Å². The third kappa shape index (κ3) is 3.28. The predicted molar refractivity (Wildman–Crippen MR) is 75.9 cm³/mol. The van der Waals surface area contributed by atoms with Crippen molar-refractivity contribution in [2.24, 2.45) is 5.92 Å². The maximum Gasteiger partial charge on any atom is 0.118 e. The smallest absolute Gasteiger partial charge is 0.118 e. The van der Waals surface area contributed by atoms with Gasteiger partial charge in [-0.15, -0.1) is 0 Å². The molecule has 1 aliphatic carbocycles. The van der Waals surface area contributed by atoms with E-state index in [1.165, 1.54) is 31.2 Å². The zero-order chi connectivity index (χ0) is 12.8. The maximum atomic E-state index is 5.20. The van der Waals surface area contributed by atoms with Gasteiger partial charge in [-0.2, -0.15) is 0 Å². The summed E-state index contributed by atoms with van der Waals surface area (Å²) in [6.07, 6.45) is 9.57. The van der Waals surface area contributed by atoms with Crippen molar-refractivity contribution < 1.29 is 4.74 Å². The molecule has 1 N–H and O–H groups in total. The Labute approximate surface area is 110 Å². The maximum absolute atomic E-state index is 5.20. The van der Waals surface area contributed by atoms with Crippen molar-refractivity contribution in [1.29, 1.82) is 0 Å². The summed E-state index contributed by atoms with van der Waals surface area (Å²) < 4.78 is 5.20. The zero-order valence-electron chi connectivity index (χ0n) is 11.4. The molecule has 1 aromatic rings. The van der Waals surface area contributed by atoms with Crippen LogP contribution >= 0.6 is 0 Å². The van der Waals surface area contributed by atoms with Crippen LogP contribution in [0.1, 0.15) is 37.2 Å². The Morgan fingerprint density at radius 2 is 1.78 bits per heavy atom. The minimum absolute atomic E-state index is 0.732. The molecule has 0 unspecified atom stereocenters. The van der Waals surface area contributed by atoms with Gasteiger partial charge in [-0.1, -0.05) is 18.2 Å². The van der Waals surface area contributed by atoms with Gasteiger partial charge in [0.25, 0.3) is 0 Å². The van der Waals surface area contributed by atoms with Crippen LogP contribution in [-0.2, 0) is 0 Å². The molecule has 0 radical (unpaired) electrons. The number of hydrogen-bond donors (Lipinski definition) is 1.